The van der Waals surface area contributed by atoms with Crippen molar-refractivity contribution in [1.82, 2.24) is 4.90 Å². The van der Waals surface area contributed by atoms with Gasteiger partial charge in [-0.25, -0.2) is 0 Å². The third kappa shape index (κ3) is 4.30. The Morgan fingerprint density at radius 2 is 1.66 bits per heavy atom. The highest BCUT2D eigenvalue weighted by Crippen LogP contribution is 2.45. The molecular formula is C25H32N2O5. The van der Waals surface area contributed by atoms with E-state index in [2.05, 4.69) is 0 Å². The minimum atomic E-state index is -0.549. The van der Waals surface area contributed by atoms with E-state index in [4.69, 9.17) is 19.9 Å². The van der Waals surface area contributed by atoms with Crippen LogP contribution in [0.5, 0.6) is 11.5 Å². The van der Waals surface area contributed by atoms with E-state index in [0.29, 0.717) is 35.8 Å². The number of benzene rings is 2. The van der Waals surface area contributed by atoms with E-state index in [1.165, 1.54) is 7.11 Å². The average molecular weight is 441 g/mol. The Bertz CT molecular complexity index is 965. The summed E-state index contributed by atoms with van der Waals surface area (Å²) in [5, 5.41) is 0. The predicted molar refractivity (Wildman–Crippen MR) is 123 cm³/mol. The molecule has 0 aliphatic heterocycles. The van der Waals surface area contributed by atoms with E-state index in [9.17, 15) is 9.59 Å². The number of hydrogen-bond acceptors (Lipinski definition) is 5. The molecule has 0 radical (unpaired) electrons. The van der Waals surface area contributed by atoms with Crippen molar-refractivity contribution >= 4 is 11.8 Å². The first kappa shape index (κ1) is 23.6. The molecule has 7 nitrogen and oxygen atoms in total. The molecule has 172 valence electrons. The minimum absolute atomic E-state index is 0.122. The van der Waals surface area contributed by atoms with Gasteiger partial charge in [0.2, 0.25) is 11.8 Å². The van der Waals surface area contributed by atoms with Crippen molar-refractivity contribution in [2.45, 2.75) is 31.1 Å². The summed E-state index contributed by atoms with van der Waals surface area (Å²) in [7, 11) is 6.54. The highest BCUT2D eigenvalue weighted by atomic mass is 16.5. The Balaban J connectivity index is 2.04. The quantitative estimate of drug-likeness (QED) is 0.645. The van der Waals surface area contributed by atoms with Gasteiger partial charge in [0.05, 0.1) is 31.8 Å². The van der Waals surface area contributed by atoms with E-state index in [1.807, 2.05) is 31.3 Å². The number of amides is 2. The number of nitrogens with zero attached hydrogens (tertiary/aromatic N) is 1. The molecule has 2 amide bonds. The van der Waals surface area contributed by atoms with Crippen LogP contribution in [-0.2, 0) is 14.9 Å². The van der Waals surface area contributed by atoms with Crippen LogP contribution in [0.4, 0.5) is 0 Å². The summed E-state index contributed by atoms with van der Waals surface area (Å²) in [6.45, 7) is 1.06. The number of methoxy groups -OCH3 is 3. The van der Waals surface area contributed by atoms with Gasteiger partial charge in [0, 0.05) is 26.3 Å². The van der Waals surface area contributed by atoms with Gasteiger partial charge in [-0.05, 0) is 36.1 Å². The maximum absolute atomic E-state index is 13.4. The Morgan fingerprint density at radius 1 is 1.00 bits per heavy atom. The zero-order valence-electron chi connectivity index (χ0n) is 19.3. The van der Waals surface area contributed by atoms with Crippen molar-refractivity contribution < 1.29 is 23.8 Å². The summed E-state index contributed by atoms with van der Waals surface area (Å²) in [4.78, 5) is 27.3. The van der Waals surface area contributed by atoms with Crippen LogP contribution in [0.25, 0.3) is 11.1 Å². The second-order valence-corrected chi connectivity index (χ2v) is 8.17. The van der Waals surface area contributed by atoms with E-state index < -0.39 is 11.3 Å². The first-order valence-corrected chi connectivity index (χ1v) is 10.8. The molecule has 0 spiro atoms. The van der Waals surface area contributed by atoms with Crippen molar-refractivity contribution in [1.29, 1.82) is 0 Å². The Morgan fingerprint density at radius 3 is 2.19 bits per heavy atom. The maximum atomic E-state index is 13.4. The molecule has 7 heteroatoms. The number of nitrogens with two attached hydrogens (primary N) is 1. The summed E-state index contributed by atoms with van der Waals surface area (Å²) in [5.41, 5.74) is 7.78. The number of likely N-dealkylation sites (N-methyl/N-ethyl adjacent to an activating group) is 1. The van der Waals surface area contributed by atoms with E-state index in [-0.39, 0.29) is 5.91 Å². The summed E-state index contributed by atoms with van der Waals surface area (Å²) in [5.74, 6) is 0.533. The second-order valence-electron chi connectivity index (χ2n) is 8.17. The monoisotopic (exact) mass is 440 g/mol. The number of rotatable bonds is 9. The molecule has 0 unspecified atom stereocenters. The highest BCUT2D eigenvalue weighted by molar-refractivity contribution is 6.02. The number of ether oxygens (including phenoxy) is 3. The summed E-state index contributed by atoms with van der Waals surface area (Å²) < 4.78 is 16.1. The number of hydrogen-bond donors (Lipinski definition) is 1. The lowest BCUT2D eigenvalue weighted by Gasteiger charge is -2.33. The standard InChI is InChI=1S/C25H32N2O5/c1-27(15-16-30-2)24(29)25(13-5-6-14-25)18-9-7-17(8-10-18)21-19(23(26)28)11-12-20(31-3)22(21)32-4/h7-12H,5-6,13-16H2,1-4H3,(H2,26,28). The zero-order chi connectivity index (χ0) is 23.3. The van der Waals surface area contributed by atoms with E-state index >= 15 is 0 Å². The Hall–Kier alpha value is -3.06. The zero-order valence-corrected chi connectivity index (χ0v) is 19.3. The van der Waals surface area contributed by atoms with Crippen LogP contribution < -0.4 is 15.2 Å². The smallest absolute Gasteiger partial charge is 0.249 e. The number of primary amides is 1. The lowest BCUT2D eigenvalue weighted by atomic mass is 9.77. The normalized spacial score (nSPS) is 14.8. The molecule has 0 aromatic heterocycles. The van der Waals surface area contributed by atoms with Gasteiger partial charge < -0.3 is 24.8 Å². The van der Waals surface area contributed by atoms with Gasteiger partial charge in [-0.3, -0.25) is 9.59 Å². The molecule has 0 bridgehead atoms. The van der Waals surface area contributed by atoms with Crippen molar-refractivity contribution in [2.24, 2.45) is 5.73 Å². The summed E-state index contributed by atoms with van der Waals surface area (Å²) in [6, 6.07) is 11.1. The van der Waals surface area contributed by atoms with Crippen LogP contribution >= 0.6 is 0 Å². The van der Waals surface area contributed by atoms with Gasteiger partial charge in [0.25, 0.3) is 0 Å². The molecule has 1 aliphatic carbocycles. The molecule has 2 aromatic carbocycles. The topological polar surface area (TPSA) is 91.1 Å². The van der Waals surface area contributed by atoms with E-state index in [0.717, 1.165) is 36.8 Å². The van der Waals surface area contributed by atoms with Crippen LogP contribution in [0.2, 0.25) is 0 Å². The predicted octanol–water partition coefficient (Wildman–Crippen LogP) is 3.39. The lowest BCUT2D eigenvalue weighted by molar-refractivity contribution is -0.136. The van der Waals surface area contributed by atoms with Crippen LogP contribution in [0.1, 0.15) is 41.6 Å². The summed E-state index contributed by atoms with van der Waals surface area (Å²) in [6.07, 6.45) is 3.66. The third-order valence-corrected chi connectivity index (χ3v) is 6.38. The van der Waals surface area contributed by atoms with Crippen molar-refractivity contribution in [2.75, 3.05) is 41.5 Å². The van der Waals surface area contributed by atoms with Crippen LogP contribution in [0.3, 0.4) is 0 Å². The number of carbonyl (C=O) groups excluding carboxylic acids is 2. The van der Waals surface area contributed by atoms with Crippen LogP contribution in [0.15, 0.2) is 36.4 Å². The molecule has 0 heterocycles. The minimum Gasteiger partial charge on any atom is -0.493 e. The Labute approximate surface area is 189 Å². The fourth-order valence-corrected chi connectivity index (χ4v) is 4.67. The fourth-order valence-electron chi connectivity index (χ4n) is 4.67. The van der Waals surface area contributed by atoms with Crippen molar-refractivity contribution in [3.8, 4) is 22.6 Å². The third-order valence-electron chi connectivity index (χ3n) is 6.38. The van der Waals surface area contributed by atoms with Gasteiger partial charge in [-0.15, -0.1) is 0 Å². The Kier molecular flexibility index (Phi) is 7.40. The maximum Gasteiger partial charge on any atom is 0.249 e. The van der Waals surface area contributed by atoms with Gasteiger partial charge >= 0.3 is 0 Å². The van der Waals surface area contributed by atoms with Gasteiger partial charge in [0.1, 0.15) is 0 Å². The van der Waals surface area contributed by atoms with Crippen molar-refractivity contribution in [3.05, 3.63) is 47.5 Å². The molecule has 0 atom stereocenters. The second kappa shape index (κ2) is 10.0. The highest BCUT2D eigenvalue weighted by Gasteiger charge is 2.44. The first-order chi connectivity index (χ1) is 15.4. The average Bonchev–Trinajstić information content (AvgIpc) is 3.32. The van der Waals surface area contributed by atoms with Crippen LogP contribution in [0, 0.1) is 0 Å². The van der Waals surface area contributed by atoms with Crippen LogP contribution in [-0.4, -0.2) is 58.2 Å². The molecule has 32 heavy (non-hydrogen) atoms. The lowest BCUT2D eigenvalue weighted by Crippen LogP contribution is -2.44. The molecular weight excluding hydrogens is 408 g/mol. The molecule has 2 aromatic rings. The van der Waals surface area contributed by atoms with Crippen molar-refractivity contribution in [3.63, 3.8) is 0 Å². The molecule has 1 fully saturated rings. The fraction of sp³-hybridized carbons (Fsp3) is 0.440. The SMILES string of the molecule is COCCN(C)C(=O)C1(c2ccc(-c3c(C(N)=O)ccc(OC)c3OC)cc2)CCCC1. The summed E-state index contributed by atoms with van der Waals surface area (Å²) >= 11 is 0. The number of carbonyl (C=O) groups is 2. The molecule has 2 N–H and O–H groups in total. The molecule has 1 aliphatic rings. The molecule has 0 saturated heterocycles. The molecule has 3 rings (SSSR count). The largest absolute Gasteiger partial charge is 0.493 e. The first-order valence-electron chi connectivity index (χ1n) is 10.8. The van der Waals surface area contributed by atoms with E-state index in [1.54, 1.807) is 31.3 Å². The van der Waals surface area contributed by atoms with Gasteiger partial charge in [0.15, 0.2) is 11.5 Å². The van der Waals surface area contributed by atoms with Gasteiger partial charge in [-0.2, -0.15) is 0 Å². The molecule has 1 saturated carbocycles. The van der Waals surface area contributed by atoms with Gasteiger partial charge in [-0.1, -0.05) is 37.1 Å².